The van der Waals surface area contributed by atoms with Crippen LogP contribution in [0.15, 0.2) is 18.2 Å². The van der Waals surface area contributed by atoms with E-state index in [2.05, 4.69) is 12.2 Å². The van der Waals surface area contributed by atoms with Gasteiger partial charge >= 0.3 is 6.18 Å². The fourth-order valence-corrected chi connectivity index (χ4v) is 2.55. The summed E-state index contributed by atoms with van der Waals surface area (Å²) in [6.07, 6.45) is 0.0113. The Kier molecular flexibility index (Phi) is 7.19. The summed E-state index contributed by atoms with van der Waals surface area (Å²) >= 11 is 1.55. The highest BCUT2D eigenvalue weighted by molar-refractivity contribution is 7.99. The third kappa shape index (κ3) is 6.03. The molecule has 0 radical (unpaired) electrons. The Morgan fingerprint density at radius 1 is 1.15 bits per heavy atom. The van der Waals surface area contributed by atoms with Gasteiger partial charge in [0.05, 0.1) is 11.4 Å². The lowest BCUT2D eigenvalue weighted by molar-refractivity contribution is -0.137. The monoisotopic (exact) mass is 309 g/mol. The van der Waals surface area contributed by atoms with Crippen molar-refractivity contribution >= 4 is 17.4 Å². The predicted molar refractivity (Wildman–Crippen MR) is 76.5 cm³/mol. The molecule has 0 heterocycles. The molecule has 0 fully saturated rings. The molecule has 1 aromatic rings. The van der Waals surface area contributed by atoms with Crippen LogP contribution in [-0.4, -0.2) is 11.6 Å². The van der Waals surface area contributed by atoms with Crippen molar-refractivity contribution in [3.63, 3.8) is 0 Å². The van der Waals surface area contributed by atoms with Gasteiger partial charge in [0.1, 0.15) is 5.82 Å². The van der Waals surface area contributed by atoms with Crippen molar-refractivity contribution in [2.45, 2.75) is 38.8 Å². The summed E-state index contributed by atoms with van der Waals surface area (Å²) in [5.74, 6) is 0.422. The van der Waals surface area contributed by atoms with Crippen LogP contribution in [0.3, 0.4) is 0 Å². The number of thioether (sulfide) groups is 1. The Morgan fingerprint density at radius 3 is 2.55 bits per heavy atom. The second-order valence-electron chi connectivity index (χ2n) is 4.48. The second kappa shape index (κ2) is 8.39. The van der Waals surface area contributed by atoms with Crippen molar-refractivity contribution in [2.24, 2.45) is 0 Å². The highest BCUT2D eigenvalue weighted by Crippen LogP contribution is 2.35. The third-order valence-electron chi connectivity index (χ3n) is 2.79. The summed E-state index contributed by atoms with van der Waals surface area (Å²) in [6, 6.07) is 2.69. The van der Waals surface area contributed by atoms with E-state index in [0.29, 0.717) is 11.9 Å². The first-order chi connectivity index (χ1) is 9.45. The van der Waals surface area contributed by atoms with E-state index in [4.69, 9.17) is 0 Å². The SMILES string of the molecule is CCCCCCSCNc1ccc(F)cc1C(F)(F)F. The summed E-state index contributed by atoms with van der Waals surface area (Å²) in [6.45, 7) is 2.13. The maximum Gasteiger partial charge on any atom is 0.418 e. The lowest BCUT2D eigenvalue weighted by atomic mass is 10.1. The van der Waals surface area contributed by atoms with Gasteiger partial charge < -0.3 is 5.32 Å². The molecule has 0 amide bonds. The number of benzene rings is 1. The van der Waals surface area contributed by atoms with Gasteiger partial charge in [-0.25, -0.2) is 4.39 Å². The molecule has 0 saturated carbocycles. The lowest BCUT2D eigenvalue weighted by Crippen LogP contribution is -2.11. The van der Waals surface area contributed by atoms with E-state index in [1.807, 2.05) is 0 Å². The first-order valence-corrected chi connectivity index (χ1v) is 7.79. The molecule has 20 heavy (non-hydrogen) atoms. The van der Waals surface area contributed by atoms with Crippen LogP contribution in [0.4, 0.5) is 23.2 Å². The van der Waals surface area contributed by atoms with E-state index in [-0.39, 0.29) is 5.69 Å². The minimum Gasteiger partial charge on any atom is -0.376 e. The molecule has 1 rings (SSSR count). The van der Waals surface area contributed by atoms with Crippen LogP contribution in [-0.2, 0) is 6.18 Å². The van der Waals surface area contributed by atoms with Crippen LogP contribution >= 0.6 is 11.8 Å². The van der Waals surface area contributed by atoms with Gasteiger partial charge in [0, 0.05) is 5.69 Å². The van der Waals surface area contributed by atoms with Gasteiger partial charge in [-0.3, -0.25) is 0 Å². The molecule has 1 aromatic carbocycles. The zero-order valence-electron chi connectivity index (χ0n) is 11.4. The molecule has 0 aromatic heterocycles. The van der Waals surface area contributed by atoms with Crippen LogP contribution < -0.4 is 5.32 Å². The molecule has 0 aliphatic rings. The molecule has 0 atom stereocenters. The zero-order valence-corrected chi connectivity index (χ0v) is 12.2. The van der Waals surface area contributed by atoms with Crippen molar-refractivity contribution < 1.29 is 17.6 Å². The number of halogens is 4. The molecule has 1 nitrogen and oxygen atoms in total. The fourth-order valence-electron chi connectivity index (χ4n) is 1.74. The first-order valence-electron chi connectivity index (χ1n) is 6.63. The number of hydrogen-bond donors (Lipinski definition) is 1. The van der Waals surface area contributed by atoms with Crippen molar-refractivity contribution in [3.05, 3.63) is 29.6 Å². The van der Waals surface area contributed by atoms with Crippen LogP contribution in [0.1, 0.15) is 38.2 Å². The average molecular weight is 309 g/mol. The summed E-state index contributed by atoms with van der Waals surface area (Å²) < 4.78 is 51.1. The van der Waals surface area contributed by atoms with E-state index in [9.17, 15) is 17.6 Å². The molecule has 0 bridgehead atoms. The lowest BCUT2D eigenvalue weighted by Gasteiger charge is -2.14. The van der Waals surface area contributed by atoms with Gasteiger partial charge in [0.2, 0.25) is 0 Å². The zero-order chi connectivity index (χ0) is 15.0. The number of nitrogens with one attached hydrogen (secondary N) is 1. The molecular weight excluding hydrogens is 290 g/mol. The largest absolute Gasteiger partial charge is 0.418 e. The van der Waals surface area contributed by atoms with Crippen LogP contribution in [0.25, 0.3) is 0 Å². The van der Waals surface area contributed by atoms with Gasteiger partial charge in [-0.15, -0.1) is 11.8 Å². The fraction of sp³-hybridized carbons (Fsp3) is 0.571. The molecule has 114 valence electrons. The van der Waals surface area contributed by atoms with Crippen LogP contribution in [0.5, 0.6) is 0 Å². The number of alkyl halides is 3. The van der Waals surface area contributed by atoms with Gasteiger partial charge in [-0.2, -0.15) is 13.2 Å². The number of anilines is 1. The molecular formula is C14H19F4NS. The number of rotatable bonds is 8. The molecule has 0 unspecified atom stereocenters. The van der Waals surface area contributed by atoms with Gasteiger partial charge in [0.15, 0.2) is 0 Å². The summed E-state index contributed by atoms with van der Waals surface area (Å²) in [4.78, 5) is 0. The highest BCUT2D eigenvalue weighted by atomic mass is 32.2. The Morgan fingerprint density at radius 2 is 1.90 bits per heavy atom. The standard InChI is InChI=1S/C14H19F4NS/c1-2-3-4-5-8-20-10-19-13-7-6-11(15)9-12(13)14(16,17)18/h6-7,9,19H,2-5,8,10H2,1H3. The van der Waals surface area contributed by atoms with Gasteiger partial charge in [-0.1, -0.05) is 26.2 Å². The first kappa shape index (κ1) is 17.1. The Labute approximate surface area is 121 Å². The smallest absolute Gasteiger partial charge is 0.376 e. The molecule has 0 spiro atoms. The minimum absolute atomic E-state index is 0.0695. The van der Waals surface area contributed by atoms with Crippen molar-refractivity contribution in [2.75, 3.05) is 16.9 Å². The van der Waals surface area contributed by atoms with Gasteiger partial charge in [-0.05, 0) is 30.4 Å². The molecule has 6 heteroatoms. The predicted octanol–water partition coefficient (Wildman–Crippen LogP) is 5.53. The van der Waals surface area contributed by atoms with E-state index in [0.717, 1.165) is 37.1 Å². The normalized spacial score (nSPS) is 11.7. The molecule has 0 aliphatic carbocycles. The molecule has 0 aliphatic heterocycles. The number of hydrogen-bond acceptors (Lipinski definition) is 2. The maximum absolute atomic E-state index is 12.9. The van der Waals surface area contributed by atoms with E-state index >= 15 is 0 Å². The van der Waals surface area contributed by atoms with E-state index in [1.165, 1.54) is 6.42 Å². The quantitative estimate of drug-likeness (QED) is 0.385. The molecule has 1 N–H and O–H groups in total. The van der Waals surface area contributed by atoms with Crippen LogP contribution in [0.2, 0.25) is 0 Å². The summed E-state index contributed by atoms with van der Waals surface area (Å²) in [5.41, 5.74) is -1.02. The van der Waals surface area contributed by atoms with Crippen molar-refractivity contribution in [1.29, 1.82) is 0 Å². The molecule has 0 saturated heterocycles. The minimum atomic E-state index is -4.55. The van der Waals surface area contributed by atoms with Crippen molar-refractivity contribution in [3.8, 4) is 0 Å². The van der Waals surface area contributed by atoms with Crippen molar-refractivity contribution in [1.82, 2.24) is 0 Å². The summed E-state index contributed by atoms with van der Waals surface area (Å²) in [5, 5.41) is 2.71. The average Bonchev–Trinajstić information content (AvgIpc) is 2.38. The second-order valence-corrected chi connectivity index (χ2v) is 5.58. The van der Waals surface area contributed by atoms with E-state index in [1.54, 1.807) is 11.8 Å². The topological polar surface area (TPSA) is 12.0 Å². The van der Waals surface area contributed by atoms with E-state index < -0.39 is 17.6 Å². The van der Waals surface area contributed by atoms with Gasteiger partial charge in [0.25, 0.3) is 0 Å². The van der Waals surface area contributed by atoms with Crippen LogP contribution in [0, 0.1) is 5.82 Å². The Hall–Kier alpha value is -0.910. The highest BCUT2D eigenvalue weighted by Gasteiger charge is 2.33. The Balaban J connectivity index is 2.44. The Bertz CT molecular complexity index is 407. The summed E-state index contributed by atoms with van der Waals surface area (Å²) in [7, 11) is 0. The number of unbranched alkanes of at least 4 members (excludes halogenated alkanes) is 3. The maximum atomic E-state index is 12.9. The third-order valence-corrected chi connectivity index (χ3v) is 3.72.